The first kappa shape index (κ1) is 12.7. The maximum absolute atomic E-state index is 10.7. The summed E-state index contributed by atoms with van der Waals surface area (Å²) in [5, 5.41) is 0.240. The Morgan fingerprint density at radius 1 is 1.17 bits per heavy atom. The zero-order chi connectivity index (χ0) is 9.45. The normalized spacial score (nSPS) is 11.8. The van der Waals surface area contributed by atoms with E-state index in [-0.39, 0.29) is 5.08 Å². The van der Waals surface area contributed by atoms with Crippen molar-refractivity contribution in [3.8, 4) is 0 Å². The van der Waals surface area contributed by atoms with Crippen LogP contribution in [0.1, 0.15) is 26.2 Å². The Kier molecular flexibility index (Phi) is 7.48. The lowest BCUT2D eigenvalue weighted by Gasteiger charge is -1.98. The predicted molar refractivity (Wildman–Crippen MR) is 59.3 cm³/mol. The molecule has 0 atom stereocenters. The molecule has 0 spiro atoms. The molecule has 0 bridgehead atoms. The fraction of sp³-hybridized carbons (Fsp3) is 1.00. The van der Waals surface area contributed by atoms with Gasteiger partial charge in [0.05, 0.1) is 0 Å². The van der Waals surface area contributed by atoms with Gasteiger partial charge in [0.25, 0.3) is 0 Å². The summed E-state index contributed by atoms with van der Waals surface area (Å²) in [6, 6.07) is 0. The standard InChI is InChI=1S/C7H16O2S3/c1-3-4-5-6-10-11-7-12(2,8)9/h3-7H2,1-2H3. The molecule has 0 aliphatic rings. The van der Waals surface area contributed by atoms with Gasteiger partial charge in [-0.05, 0) is 6.42 Å². The van der Waals surface area contributed by atoms with E-state index in [0.717, 1.165) is 5.75 Å². The van der Waals surface area contributed by atoms with E-state index in [1.807, 2.05) is 0 Å². The number of rotatable bonds is 7. The summed E-state index contributed by atoms with van der Waals surface area (Å²) < 4.78 is 21.4. The quantitative estimate of drug-likeness (QED) is 0.495. The van der Waals surface area contributed by atoms with Crippen molar-refractivity contribution in [3.05, 3.63) is 0 Å². The van der Waals surface area contributed by atoms with E-state index in [1.54, 1.807) is 10.8 Å². The Morgan fingerprint density at radius 3 is 2.33 bits per heavy atom. The highest BCUT2D eigenvalue weighted by atomic mass is 33.1. The number of unbranched alkanes of at least 4 members (excludes halogenated alkanes) is 2. The van der Waals surface area contributed by atoms with Crippen LogP contribution in [0.2, 0.25) is 0 Å². The lowest BCUT2D eigenvalue weighted by atomic mass is 10.3. The average molecular weight is 228 g/mol. The average Bonchev–Trinajstić information content (AvgIpc) is 1.94. The van der Waals surface area contributed by atoms with Crippen molar-refractivity contribution in [2.75, 3.05) is 17.1 Å². The minimum atomic E-state index is -2.77. The zero-order valence-electron chi connectivity index (χ0n) is 7.58. The van der Waals surface area contributed by atoms with E-state index in [2.05, 4.69) is 6.92 Å². The maximum Gasteiger partial charge on any atom is 0.157 e. The molecule has 0 aromatic rings. The summed E-state index contributed by atoms with van der Waals surface area (Å²) >= 11 is 0. The Labute approximate surface area is 83.2 Å². The van der Waals surface area contributed by atoms with E-state index >= 15 is 0 Å². The van der Waals surface area contributed by atoms with Crippen LogP contribution in [0.15, 0.2) is 0 Å². The van der Waals surface area contributed by atoms with E-state index in [0.29, 0.717) is 0 Å². The summed E-state index contributed by atoms with van der Waals surface area (Å²) in [5.41, 5.74) is 0. The topological polar surface area (TPSA) is 34.1 Å². The highest BCUT2D eigenvalue weighted by molar-refractivity contribution is 8.77. The molecule has 0 saturated carbocycles. The van der Waals surface area contributed by atoms with E-state index in [9.17, 15) is 8.42 Å². The molecule has 0 N–H and O–H groups in total. The summed E-state index contributed by atoms with van der Waals surface area (Å²) in [5.74, 6) is 1.06. The van der Waals surface area contributed by atoms with Crippen molar-refractivity contribution in [2.24, 2.45) is 0 Å². The second kappa shape index (κ2) is 7.09. The second-order valence-corrected chi connectivity index (χ2v) is 7.78. The summed E-state index contributed by atoms with van der Waals surface area (Å²) in [4.78, 5) is 0. The molecule has 2 nitrogen and oxygen atoms in total. The highest BCUT2D eigenvalue weighted by Gasteiger charge is 2.01. The zero-order valence-corrected chi connectivity index (χ0v) is 10.0. The van der Waals surface area contributed by atoms with E-state index in [1.165, 1.54) is 36.3 Å². The Balaban J connectivity index is 3.12. The van der Waals surface area contributed by atoms with Gasteiger partial charge in [0.2, 0.25) is 0 Å². The highest BCUT2D eigenvalue weighted by Crippen LogP contribution is 2.23. The molecule has 0 aliphatic heterocycles. The number of hydrogen-bond donors (Lipinski definition) is 0. The third kappa shape index (κ3) is 10.7. The van der Waals surface area contributed by atoms with Gasteiger partial charge in [-0.3, -0.25) is 0 Å². The van der Waals surface area contributed by atoms with Crippen LogP contribution in [0.3, 0.4) is 0 Å². The van der Waals surface area contributed by atoms with Crippen molar-refractivity contribution in [3.63, 3.8) is 0 Å². The van der Waals surface area contributed by atoms with Crippen molar-refractivity contribution >= 4 is 31.4 Å². The maximum atomic E-state index is 10.7. The molecule has 0 rings (SSSR count). The number of hydrogen-bond acceptors (Lipinski definition) is 4. The summed E-state index contributed by atoms with van der Waals surface area (Å²) in [6.07, 6.45) is 4.92. The molecular formula is C7H16O2S3. The van der Waals surface area contributed by atoms with Gasteiger partial charge in [-0.1, -0.05) is 41.4 Å². The monoisotopic (exact) mass is 228 g/mol. The van der Waals surface area contributed by atoms with Crippen molar-refractivity contribution in [1.82, 2.24) is 0 Å². The minimum Gasteiger partial charge on any atom is -0.228 e. The van der Waals surface area contributed by atoms with Crippen molar-refractivity contribution in [2.45, 2.75) is 26.2 Å². The van der Waals surface area contributed by atoms with Crippen LogP contribution in [-0.2, 0) is 9.84 Å². The first-order valence-electron chi connectivity index (χ1n) is 3.98. The smallest absolute Gasteiger partial charge is 0.157 e. The van der Waals surface area contributed by atoms with Gasteiger partial charge in [0, 0.05) is 12.0 Å². The van der Waals surface area contributed by atoms with Crippen LogP contribution >= 0.6 is 21.6 Å². The molecule has 0 saturated heterocycles. The van der Waals surface area contributed by atoms with Crippen LogP contribution in [0.4, 0.5) is 0 Å². The molecule has 0 aromatic carbocycles. The molecule has 5 heteroatoms. The number of sulfone groups is 1. The summed E-state index contributed by atoms with van der Waals surface area (Å²) in [7, 11) is 0.322. The Morgan fingerprint density at radius 2 is 1.83 bits per heavy atom. The van der Waals surface area contributed by atoms with Crippen molar-refractivity contribution in [1.29, 1.82) is 0 Å². The van der Waals surface area contributed by atoms with Gasteiger partial charge >= 0.3 is 0 Å². The van der Waals surface area contributed by atoms with Gasteiger partial charge in [-0.25, -0.2) is 8.42 Å². The van der Waals surface area contributed by atoms with Crippen molar-refractivity contribution < 1.29 is 8.42 Å². The largest absolute Gasteiger partial charge is 0.228 e. The lowest BCUT2D eigenvalue weighted by Crippen LogP contribution is -1.97. The third-order valence-corrected chi connectivity index (χ3v) is 5.76. The SMILES string of the molecule is CCCCCSSCS(C)(=O)=O. The minimum absolute atomic E-state index is 0.240. The van der Waals surface area contributed by atoms with Crippen LogP contribution in [-0.4, -0.2) is 25.5 Å². The molecule has 74 valence electrons. The molecular weight excluding hydrogens is 212 g/mol. The van der Waals surface area contributed by atoms with Crippen LogP contribution in [0.25, 0.3) is 0 Å². The van der Waals surface area contributed by atoms with Gasteiger partial charge in [0.15, 0.2) is 9.84 Å². The van der Waals surface area contributed by atoms with Crippen LogP contribution < -0.4 is 0 Å². The molecule has 0 unspecified atom stereocenters. The molecule has 0 aromatic heterocycles. The Bertz CT molecular complexity index is 187. The second-order valence-electron chi connectivity index (χ2n) is 2.69. The van der Waals surface area contributed by atoms with Gasteiger partial charge < -0.3 is 0 Å². The molecule has 0 radical (unpaired) electrons. The molecule has 0 heterocycles. The fourth-order valence-corrected chi connectivity index (χ4v) is 4.90. The first-order chi connectivity index (χ1) is 5.56. The van der Waals surface area contributed by atoms with Gasteiger partial charge in [0.1, 0.15) is 5.08 Å². The molecule has 12 heavy (non-hydrogen) atoms. The van der Waals surface area contributed by atoms with Gasteiger partial charge in [-0.15, -0.1) is 0 Å². The third-order valence-electron chi connectivity index (χ3n) is 1.18. The fourth-order valence-electron chi connectivity index (χ4n) is 0.591. The predicted octanol–water partition coefficient (Wildman–Crippen LogP) is 2.56. The first-order valence-corrected chi connectivity index (χ1v) is 8.53. The molecule has 0 aliphatic carbocycles. The Hall–Kier alpha value is 0.650. The van der Waals surface area contributed by atoms with Crippen LogP contribution in [0.5, 0.6) is 0 Å². The molecule has 0 amide bonds. The van der Waals surface area contributed by atoms with E-state index < -0.39 is 9.84 Å². The molecule has 0 fully saturated rings. The lowest BCUT2D eigenvalue weighted by molar-refractivity contribution is 0.606. The van der Waals surface area contributed by atoms with Gasteiger partial charge in [-0.2, -0.15) is 0 Å². The van der Waals surface area contributed by atoms with E-state index in [4.69, 9.17) is 0 Å². The van der Waals surface area contributed by atoms with Crippen LogP contribution in [0, 0.1) is 0 Å². The summed E-state index contributed by atoms with van der Waals surface area (Å²) in [6.45, 7) is 2.16.